The number of nitrogens with one attached hydrogen (secondary N) is 1. The van der Waals surface area contributed by atoms with Crippen molar-refractivity contribution in [3.05, 3.63) is 71.8 Å². The Morgan fingerprint density at radius 1 is 0.897 bits per heavy atom. The van der Waals surface area contributed by atoms with Gasteiger partial charge in [0.25, 0.3) is 5.91 Å². The van der Waals surface area contributed by atoms with Gasteiger partial charge in [0.1, 0.15) is 5.75 Å². The minimum absolute atomic E-state index is 0.183. The van der Waals surface area contributed by atoms with Gasteiger partial charge in [-0.2, -0.15) is 0 Å². The predicted molar refractivity (Wildman–Crippen MR) is 116 cm³/mol. The van der Waals surface area contributed by atoms with Crippen LogP contribution in [0.3, 0.4) is 0 Å². The lowest BCUT2D eigenvalue weighted by atomic mass is 10.1. The maximum absolute atomic E-state index is 12.3. The zero-order valence-corrected chi connectivity index (χ0v) is 17.1. The van der Waals surface area contributed by atoms with Crippen molar-refractivity contribution in [2.75, 3.05) is 18.5 Å². The summed E-state index contributed by atoms with van der Waals surface area (Å²) in [6, 6.07) is 14.0. The molecule has 0 aliphatic heterocycles. The van der Waals surface area contributed by atoms with E-state index in [9.17, 15) is 9.59 Å². The fourth-order valence-corrected chi connectivity index (χ4v) is 2.72. The molecule has 0 unspecified atom stereocenters. The quantitative estimate of drug-likeness (QED) is 0.276. The number of hydrogen-bond acceptors (Lipinski definition) is 4. The average molecular weight is 416 g/mol. The third kappa shape index (κ3) is 8.83. The molecule has 0 spiro atoms. The van der Waals surface area contributed by atoms with Crippen molar-refractivity contribution in [3.63, 3.8) is 0 Å². The Bertz CT molecular complexity index is 788. The van der Waals surface area contributed by atoms with E-state index in [1.165, 1.54) is 6.08 Å². The number of ether oxygens (including phenoxy) is 2. The van der Waals surface area contributed by atoms with Gasteiger partial charge in [-0.3, -0.25) is 4.79 Å². The number of halogens is 1. The summed E-state index contributed by atoms with van der Waals surface area (Å²) >= 11 is 5.84. The van der Waals surface area contributed by atoms with E-state index in [0.717, 1.165) is 37.9 Å². The van der Waals surface area contributed by atoms with E-state index in [2.05, 4.69) is 11.9 Å². The topological polar surface area (TPSA) is 64.6 Å². The Labute approximate surface area is 176 Å². The molecule has 5 nitrogen and oxygen atoms in total. The Morgan fingerprint density at radius 2 is 1.52 bits per heavy atom. The van der Waals surface area contributed by atoms with Crippen molar-refractivity contribution in [2.45, 2.75) is 32.1 Å². The molecule has 2 aromatic carbocycles. The molecule has 1 amide bonds. The molecule has 2 rings (SSSR count). The van der Waals surface area contributed by atoms with E-state index in [1.54, 1.807) is 48.5 Å². The highest BCUT2D eigenvalue weighted by atomic mass is 35.5. The predicted octanol–water partition coefficient (Wildman–Crippen LogP) is 5.65. The van der Waals surface area contributed by atoms with Gasteiger partial charge < -0.3 is 14.8 Å². The van der Waals surface area contributed by atoms with Crippen molar-refractivity contribution in [1.82, 2.24) is 0 Å². The Balaban J connectivity index is 1.60. The summed E-state index contributed by atoms with van der Waals surface area (Å²) in [7, 11) is 0. The second kappa shape index (κ2) is 12.6. The number of unbranched alkanes of at least 4 members (excludes halogenated alkanes) is 4. The van der Waals surface area contributed by atoms with Crippen LogP contribution in [0.25, 0.3) is 0 Å². The molecule has 0 atom stereocenters. The molecule has 154 valence electrons. The Morgan fingerprint density at radius 3 is 2.17 bits per heavy atom. The average Bonchev–Trinajstić information content (AvgIpc) is 2.74. The molecule has 0 saturated heterocycles. The first kappa shape index (κ1) is 22.5. The SMILES string of the molecule is C=CC(=O)OCCCCCCCOc1ccc(C(=O)Nc2ccc(Cl)cc2)cc1. The number of carbonyl (C=O) groups is 2. The highest BCUT2D eigenvalue weighted by Gasteiger charge is 2.06. The summed E-state index contributed by atoms with van der Waals surface area (Å²) in [5, 5.41) is 3.45. The van der Waals surface area contributed by atoms with Gasteiger partial charge in [0.15, 0.2) is 0 Å². The third-order valence-corrected chi connectivity index (χ3v) is 4.44. The molecular formula is C23H26ClNO4. The fraction of sp³-hybridized carbons (Fsp3) is 0.304. The molecule has 6 heteroatoms. The molecule has 0 bridgehead atoms. The maximum atomic E-state index is 12.3. The number of esters is 1. The highest BCUT2D eigenvalue weighted by molar-refractivity contribution is 6.30. The summed E-state index contributed by atoms with van der Waals surface area (Å²) in [6.45, 7) is 4.43. The van der Waals surface area contributed by atoms with Gasteiger partial charge in [-0.05, 0) is 61.4 Å². The van der Waals surface area contributed by atoms with E-state index >= 15 is 0 Å². The van der Waals surface area contributed by atoms with Crippen molar-refractivity contribution in [1.29, 1.82) is 0 Å². The zero-order chi connectivity index (χ0) is 20.9. The van der Waals surface area contributed by atoms with Gasteiger partial charge in [0.05, 0.1) is 13.2 Å². The van der Waals surface area contributed by atoms with Gasteiger partial charge in [-0.1, -0.05) is 37.4 Å². The van der Waals surface area contributed by atoms with Crippen LogP contribution < -0.4 is 10.1 Å². The number of rotatable bonds is 12. The van der Waals surface area contributed by atoms with Crippen molar-refractivity contribution >= 4 is 29.2 Å². The van der Waals surface area contributed by atoms with Crippen LogP contribution in [0.4, 0.5) is 5.69 Å². The standard InChI is InChI=1S/C23H26ClNO4/c1-2-22(26)29-17-7-5-3-4-6-16-28-21-14-8-18(9-15-21)23(27)25-20-12-10-19(24)11-13-20/h2,8-15H,1,3-7,16-17H2,(H,25,27). The maximum Gasteiger partial charge on any atom is 0.330 e. The molecule has 2 aromatic rings. The van der Waals surface area contributed by atoms with Crippen LogP contribution >= 0.6 is 11.6 Å². The normalized spacial score (nSPS) is 10.2. The fourth-order valence-electron chi connectivity index (χ4n) is 2.60. The van der Waals surface area contributed by atoms with Crippen LogP contribution in [0.1, 0.15) is 42.5 Å². The van der Waals surface area contributed by atoms with Gasteiger partial charge >= 0.3 is 5.97 Å². The molecule has 0 aliphatic carbocycles. The number of anilines is 1. The van der Waals surface area contributed by atoms with E-state index < -0.39 is 0 Å². The first-order valence-corrected chi connectivity index (χ1v) is 10.1. The first-order chi connectivity index (χ1) is 14.1. The van der Waals surface area contributed by atoms with Crippen molar-refractivity contribution < 1.29 is 19.1 Å². The lowest BCUT2D eigenvalue weighted by Crippen LogP contribution is -2.11. The minimum atomic E-state index is -0.369. The van der Waals surface area contributed by atoms with E-state index in [-0.39, 0.29) is 11.9 Å². The Kier molecular flexibility index (Phi) is 9.80. The molecule has 0 radical (unpaired) electrons. The number of carbonyl (C=O) groups excluding carboxylic acids is 2. The van der Waals surface area contributed by atoms with Crippen LogP contribution in [0.5, 0.6) is 5.75 Å². The molecule has 0 saturated carbocycles. The van der Waals surface area contributed by atoms with Gasteiger partial charge in [-0.25, -0.2) is 4.79 Å². The Hall–Kier alpha value is -2.79. The summed E-state index contributed by atoms with van der Waals surface area (Å²) in [5.41, 5.74) is 1.25. The van der Waals surface area contributed by atoms with Gasteiger partial charge in [0, 0.05) is 22.3 Å². The second-order valence-corrected chi connectivity index (χ2v) is 6.91. The molecule has 0 aliphatic rings. The van der Waals surface area contributed by atoms with E-state index in [4.69, 9.17) is 21.1 Å². The second-order valence-electron chi connectivity index (χ2n) is 6.47. The number of benzene rings is 2. The molecule has 0 aromatic heterocycles. The molecule has 0 heterocycles. The van der Waals surface area contributed by atoms with Crippen molar-refractivity contribution in [3.8, 4) is 5.75 Å². The lowest BCUT2D eigenvalue weighted by molar-refractivity contribution is -0.137. The lowest BCUT2D eigenvalue weighted by Gasteiger charge is -2.08. The highest BCUT2D eigenvalue weighted by Crippen LogP contribution is 2.17. The van der Waals surface area contributed by atoms with Crippen molar-refractivity contribution in [2.24, 2.45) is 0 Å². The number of amides is 1. The summed E-state index contributed by atoms with van der Waals surface area (Å²) in [4.78, 5) is 23.1. The van der Waals surface area contributed by atoms with Crippen LogP contribution in [-0.4, -0.2) is 25.1 Å². The summed E-state index contributed by atoms with van der Waals surface area (Å²) < 4.78 is 10.6. The van der Waals surface area contributed by atoms with Crippen LogP contribution in [0.2, 0.25) is 5.02 Å². The summed E-state index contributed by atoms with van der Waals surface area (Å²) in [6.07, 6.45) is 6.12. The minimum Gasteiger partial charge on any atom is -0.494 e. The smallest absolute Gasteiger partial charge is 0.330 e. The third-order valence-electron chi connectivity index (χ3n) is 4.19. The van der Waals surface area contributed by atoms with E-state index in [0.29, 0.717) is 29.5 Å². The molecule has 1 N–H and O–H groups in total. The van der Waals surface area contributed by atoms with Crippen LogP contribution in [-0.2, 0) is 9.53 Å². The number of hydrogen-bond donors (Lipinski definition) is 1. The monoisotopic (exact) mass is 415 g/mol. The van der Waals surface area contributed by atoms with Crippen LogP contribution in [0.15, 0.2) is 61.2 Å². The van der Waals surface area contributed by atoms with Crippen LogP contribution in [0, 0.1) is 0 Å². The molecule has 0 fully saturated rings. The van der Waals surface area contributed by atoms with E-state index in [1.807, 2.05) is 0 Å². The molecule has 29 heavy (non-hydrogen) atoms. The molecular weight excluding hydrogens is 390 g/mol. The zero-order valence-electron chi connectivity index (χ0n) is 16.4. The van der Waals surface area contributed by atoms with Gasteiger partial charge in [-0.15, -0.1) is 0 Å². The summed E-state index contributed by atoms with van der Waals surface area (Å²) in [5.74, 6) is 0.189. The largest absolute Gasteiger partial charge is 0.494 e. The first-order valence-electron chi connectivity index (χ1n) is 9.67. The van der Waals surface area contributed by atoms with Gasteiger partial charge in [0.2, 0.25) is 0 Å².